The van der Waals surface area contributed by atoms with Crippen LogP contribution in [0.25, 0.3) is 0 Å². The molecule has 1 heterocycles. The third-order valence-electron chi connectivity index (χ3n) is 3.64. The lowest BCUT2D eigenvalue weighted by atomic mass is 10.1. The summed E-state index contributed by atoms with van der Waals surface area (Å²) < 4.78 is 32.2. The number of ether oxygens (including phenoxy) is 1. The van der Waals surface area contributed by atoms with Crippen LogP contribution < -0.4 is 20.3 Å². The highest BCUT2D eigenvalue weighted by Crippen LogP contribution is 2.17. The summed E-state index contributed by atoms with van der Waals surface area (Å²) in [7, 11) is -2.31. The van der Waals surface area contributed by atoms with Crippen molar-refractivity contribution < 1.29 is 22.7 Å². The van der Waals surface area contributed by atoms with Crippen LogP contribution in [0.5, 0.6) is 5.75 Å². The van der Waals surface area contributed by atoms with Crippen LogP contribution in [0, 0.1) is 5.92 Å². The molecule has 2 aromatic rings. The molecule has 2 rings (SSSR count). The van der Waals surface area contributed by atoms with Crippen LogP contribution in [0.1, 0.15) is 24.2 Å². The SMILES string of the molecule is COc1ccc(C(=O)NNC(=O)C(NS(=O)(=O)c2cccs2)C(C)C)cc1. The van der Waals surface area contributed by atoms with E-state index < -0.39 is 27.9 Å². The summed E-state index contributed by atoms with van der Waals surface area (Å²) in [6.07, 6.45) is 0. The van der Waals surface area contributed by atoms with Gasteiger partial charge in [-0.25, -0.2) is 8.42 Å². The zero-order chi connectivity index (χ0) is 20.0. The molecule has 27 heavy (non-hydrogen) atoms. The molecule has 1 unspecified atom stereocenters. The third kappa shape index (κ3) is 5.52. The van der Waals surface area contributed by atoms with Gasteiger partial charge in [-0.1, -0.05) is 19.9 Å². The normalized spacial score (nSPS) is 12.4. The van der Waals surface area contributed by atoms with Gasteiger partial charge in [-0.15, -0.1) is 11.3 Å². The molecule has 1 aromatic carbocycles. The number of hydrazine groups is 1. The fraction of sp³-hybridized carbons (Fsp3) is 0.294. The molecule has 0 saturated carbocycles. The monoisotopic (exact) mass is 411 g/mol. The minimum atomic E-state index is -3.82. The summed E-state index contributed by atoms with van der Waals surface area (Å²) in [5.41, 5.74) is 4.86. The lowest BCUT2D eigenvalue weighted by molar-refractivity contribution is -0.124. The standard InChI is InChI=1S/C17H21N3O5S2/c1-11(2)15(20-27(23,24)14-5-4-10-26-14)17(22)19-18-16(21)12-6-8-13(25-3)9-7-12/h4-11,15,20H,1-3H3,(H,18,21)(H,19,22). The van der Waals surface area contributed by atoms with Crippen molar-refractivity contribution in [1.29, 1.82) is 0 Å². The van der Waals surface area contributed by atoms with Crippen molar-refractivity contribution in [3.05, 3.63) is 47.3 Å². The van der Waals surface area contributed by atoms with Gasteiger partial charge in [0.2, 0.25) is 0 Å². The quantitative estimate of drug-likeness (QED) is 0.598. The Hall–Kier alpha value is -2.43. The van der Waals surface area contributed by atoms with Gasteiger partial charge in [0.1, 0.15) is 16.0 Å². The van der Waals surface area contributed by atoms with Crippen LogP contribution in [-0.2, 0) is 14.8 Å². The first-order valence-corrected chi connectivity index (χ1v) is 10.4. The highest BCUT2D eigenvalue weighted by atomic mass is 32.2. The van der Waals surface area contributed by atoms with Crippen molar-refractivity contribution in [3.63, 3.8) is 0 Å². The minimum Gasteiger partial charge on any atom is -0.497 e. The maximum Gasteiger partial charge on any atom is 0.269 e. The van der Waals surface area contributed by atoms with E-state index in [0.29, 0.717) is 11.3 Å². The second kappa shape index (κ2) is 8.98. The van der Waals surface area contributed by atoms with Crippen molar-refractivity contribution in [3.8, 4) is 5.75 Å². The summed E-state index contributed by atoms with van der Waals surface area (Å²) in [6, 6.07) is 8.32. The number of benzene rings is 1. The molecule has 1 aromatic heterocycles. The van der Waals surface area contributed by atoms with Crippen LogP contribution in [0.4, 0.5) is 0 Å². The number of carbonyl (C=O) groups excluding carboxylic acids is 2. The summed E-state index contributed by atoms with van der Waals surface area (Å²) in [6.45, 7) is 3.40. The van der Waals surface area contributed by atoms with Gasteiger partial charge in [0.25, 0.3) is 21.8 Å². The van der Waals surface area contributed by atoms with Crippen LogP contribution in [0.2, 0.25) is 0 Å². The van der Waals surface area contributed by atoms with Crippen LogP contribution >= 0.6 is 11.3 Å². The highest BCUT2D eigenvalue weighted by molar-refractivity contribution is 7.91. The summed E-state index contributed by atoms with van der Waals surface area (Å²) in [4.78, 5) is 24.5. The van der Waals surface area contributed by atoms with Crippen molar-refractivity contribution >= 4 is 33.2 Å². The summed E-state index contributed by atoms with van der Waals surface area (Å²) in [5.74, 6) is -0.933. The Balaban J connectivity index is 2.01. The topological polar surface area (TPSA) is 114 Å². The first kappa shape index (κ1) is 20.9. The number of hydrogen-bond donors (Lipinski definition) is 3. The second-order valence-electron chi connectivity index (χ2n) is 5.95. The first-order valence-electron chi connectivity index (χ1n) is 8.04. The Morgan fingerprint density at radius 3 is 2.26 bits per heavy atom. The molecule has 0 aliphatic rings. The van der Waals surface area contributed by atoms with E-state index in [1.807, 2.05) is 0 Å². The van der Waals surface area contributed by atoms with E-state index in [2.05, 4.69) is 15.6 Å². The van der Waals surface area contributed by atoms with Gasteiger partial charge in [-0.3, -0.25) is 20.4 Å². The smallest absolute Gasteiger partial charge is 0.269 e. The number of carbonyl (C=O) groups is 2. The van der Waals surface area contributed by atoms with Gasteiger partial charge >= 0.3 is 0 Å². The Bertz CT molecular complexity index is 878. The summed E-state index contributed by atoms with van der Waals surface area (Å²) >= 11 is 1.05. The van der Waals surface area contributed by atoms with Crippen LogP contribution in [-0.4, -0.2) is 33.4 Å². The molecule has 0 aliphatic heterocycles. The molecule has 146 valence electrons. The molecule has 0 radical (unpaired) electrons. The van der Waals surface area contributed by atoms with E-state index in [1.54, 1.807) is 49.6 Å². The Morgan fingerprint density at radius 1 is 1.07 bits per heavy atom. The fourth-order valence-corrected chi connectivity index (χ4v) is 4.50. The Morgan fingerprint density at radius 2 is 1.74 bits per heavy atom. The van der Waals surface area contributed by atoms with Gasteiger partial charge in [0.15, 0.2) is 0 Å². The molecule has 0 spiro atoms. The predicted molar refractivity (Wildman–Crippen MR) is 102 cm³/mol. The average molecular weight is 412 g/mol. The van der Waals surface area contributed by atoms with Gasteiger partial charge < -0.3 is 4.74 Å². The van der Waals surface area contributed by atoms with Crippen LogP contribution in [0.15, 0.2) is 46.0 Å². The molecule has 0 saturated heterocycles. The maximum absolute atomic E-state index is 12.4. The van der Waals surface area contributed by atoms with Crippen molar-refractivity contribution in [2.45, 2.75) is 24.1 Å². The average Bonchev–Trinajstić information content (AvgIpc) is 3.19. The Labute approximate surface area is 162 Å². The van der Waals surface area contributed by atoms with Gasteiger partial charge in [0, 0.05) is 5.56 Å². The number of hydrogen-bond acceptors (Lipinski definition) is 6. The number of amides is 2. The molecule has 10 heteroatoms. The predicted octanol–water partition coefficient (Wildman–Crippen LogP) is 1.52. The first-order chi connectivity index (χ1) is 12.7. The highest BCUT2D eigenvalue weighted by Gasteiger charge is 2.29. The van der Waals surface area contributed by atoms with Gasteiger partial charge in [-0.05, 0) is 41.6 Å². The van der Waals surface area contributed by atoms with E-state index in [4.69, 9.17) is 4.74 Å². The molecule has 1 atom stereocenters. The molecule has 8 nitrogen and oxygen atoms in total. The lowest BCUT2D eigenvalue weighted by Crippen LogP contribution is -2.54. The second-order valence-corrected chi connectivity index (χ2v) is 8.84. The lowest BCUT2D eigenvalue weighted by Gasteiger charge is -2.21. The third-order valence-corrected chi connectivity index (χ3v) is 6.48. The number of sulfonamides is 1. The maximum atomic E-state index is 12.4. The van der Waals surface area contributed by atoms with E-state index in [-0.39, 0.29) is 10.1 Å². The fourth-order valence-electron chi connectivity index (χ4n) is 2.14. The number of rotatable bonds is 7. The van der Waals surface area contributed by atoms with Gasteiger partial charge in [-0.2, -0.15) is 4.72 Å². The number of nitrogens with one attached hydrogen (secondary N) is 3. The van der Waals surface area contributed by atoms with Crippen molar-refractivity contribution in [2.24, 2.45) is 5.92 Å². The molecule has 0 bridgehead atoms. The van der Waals surface area contributed by atoms with E-state index >= 15 is 0 Å². The Kier molecular flexibility index (Phi) is 6.94. The molecule has 0 aliphatic carbocycles. The number of methoxy groups -OCH3 is 1. The molecule has 0 fully saturated rings. The molecular formula is C17H21N3O5S2. The summed E-state index contributed by atoms with van der Waals surface area (Å²) in [5, 5.41) is 1.63. The number of thiophene rings is 1. The van der Waals surface area contributed by atoms with E-state index in [9.17, 15) is 18.0 Å². The van der Waals surface area contributed by atoms with Crippen LogP contribution in [0.3, 0.4) is 0 Å². The zero-order valence-electron chi connectivity index (χ0n) is 15.1. The van der Waals surface area contributed by atoms with E-state index in [0.717, 1.165) is 11.3 Å². The van der Waals surface area contributed by atoms with E-state index in [1.165, 1.54) is 13.2 Å². The zero-order valence-corrected chi connectivity index (χ0v) is 16.7. The molecule has 3 N–H and O–H groups in total. The van der Waals surface area contributed by atoms with Gasteiger partial charge in [0.05, 0.1) is 7.11 Å². The minimum absolute atomic E-state index is 0.114. The van der Waals surface area contributed by atoms with Crippen molar-refractivity contribution in [2.75, 3.05) is 7.11 Å². The molecular weight excluding hydrogens is 390 g/mol. The van der Waals surface area contributed by atoms with Crippen molar-refractivity contribution in [1.82, 2.24) is 15.6 Å². The molecule has 2 amide bonds. The largest absolute Gasteiger partial charge is 0.497 e.